The molecular weight excluding hydrogens is 424 g/mol. The molecule has 3 rings (SSSR count). The standard InChI is InChI=1S/C21H19ClN4O3S/c1-12-13(2)23-21(24-14(12)3)30-19(15-7-5-4-6-8-15)20(27)25-18-10-9-16(26(28)29)11-17(18)22/h4-11,19H,1-3H3,(H,25,27)/t19-/m1/s1. The van der Waals surface area contributed by atoms with Crippen molar-refractivity contribution in [2.45, 2.75) is 31.2 Å². The molecule has 154 valence electrons. The maximum Gasteiger partial charge on any atom is 0.271 e. The van der Waals surface area contributed by atoms with E-state index in [0.29, 0.717) is 10.8 Å². The highest BCUT2D eigenvalue weighted by Crippen LogP contribution is 2.36. The number of carbonyl (C=O) groups excluding carboxylic acids is 1. The van der Waals surface area contributed by atoms with Gasteiger partial charge in [-0.25, -0.2) is 9.97 Å². The molecule has 1 atom stereocenters. The summed E-state index contributed by atoms with van der Waals surface area (Å²) in [6, 6.07) is 13.2. The zero-order valence-corrected chi connectivity index (χ0v) is 18.1. The number of nitrogens with zero attached hydrogens (tertiary/aromatic N) is 3. The second-order valence-electron chi connectivity index (χ2n) is 6.62. The number of nitro groups is 1. The topological polar surface area (TPSA) is 98.0 Å². The number of nitrogens with one attached hydrogen (secondary N) is 1. The van der Waals surface area contributed by atoms with Gasteiger partial charge in [0.25, 0.3) is 5.69 Å². The van der Waals surface area contributed by atoms with Gasteiger partial charge in [-0.1, -0.05) is 53.7 Å². The number of non-ortho nitro benzene ring substituents is 1. The lowest BCUT2D eigenvalue weighted by molar-refractivity contribution is -0.384. The number of anilines is 1. The van der Waals surface area contributed by atoms with Crippen molar-refractivity contribution in [3.8, 4) is 0 Å². The zero-order chi connectivity index (χ0) is 21.8. The van der Waals surface area contributed by atoms with Gasteiger partial charge in [0.2, 0.25) is 5.91 Å². The number of rotatable bonds is 6. The molecule has 0 radical (unpaired) electrons. The minimum atomic E-state index is -0.640. The quantitative estimate of drug-likeness (QED) is 0.236. The third-order valence-corrected chi connectivity index (χ3v) is 6.03. The average molecular weight is 443 g/mol. The molecule has 1 amide bonds. The minimum absolute atomic E-state index is 0.0904. The monoisotopic (exact) mass is 442 g/mol. The summed E-state index contributed by atoms with van der Waals surface area (Å²) >= 11 is 7.37. The van der Waals surface area contributed by atoms with Crippen LogP contribution in [0.25, 0.3) is 0 Å². The number of halogens is 1. The van der Waals surface area contributed by atoms with Crippen LogP contribution in [0, 0.1) is 30.9 Å². The number of hydrogen-bond donors (Lipinski definition) is 1. The Bertz CT molecular complexity index is 1090. The summed E-state index contributed by atoms with van der Waals surface area (Å²) in [5, 5.41) is 13.6. The van der Waals surface area contributed by atoms with Gasteiger partial charge >= 0.3 is 0 Å². The molecule has 0 fully saturated rings. The highest BCUT2D eigenvalue weighted by atomic mass is 35.5. The van der Waals surface area contributed by atoms with Crippen molar-refractivity contribution in [1.29, 1.82) is 0 Å². The molecule has 0 unspecified atom stereocenters. The first-order valence-corrected chi connectivity index (χ1v) is 10.3. The van der Waals surface area contributed by atoms with Crippen LogP contribution in [0.15, 0.2) is 53.7 Å². The summed E-state index contributed by atoms with van der Waals surface area (Å²) in [4.78, 5) is 32.5. The van der Waals surface area contributed by atoms with Crippen LogP contribution in [0.5, 0.6) is 0 Å². The predicted octanol–water partition coefficient (Wildman–Crippen LogP) is 5.44. The van der Waals surface area contributed by atoms with E-state index in [1.54, 1.807) is 0 Å². The molecule has 0 bridgehead atoms. The molecule has 9 heteroatoms. The molecule has 3 aromatic rings. The van der Waals surface area contributed by atoms with Crippen LogP contribution < -0.4 is 5.32 Å². The lowest BCUT2D eigenvalue weighted by Gasteiger charge is -2.17. The fraction of sp³-hybridized carbons (Fsp3) is 0.190. The molecule has 1 N–H and O–H groups in total. The summed E-state index contributed by atoms with van der Waals surface area (Å²) in [7, 11) is 0. The maximum absolute atomic E-state index is 13.1. The second kappa shape index (κ2) is 9.23. The molecule has 7 nitrogen and oxygen atoms in total. The van der Waals surface area contributed by atoms with Crippen LogP contribution in [0.2, 0.25) is 5.02 Å². The number of hydrogen-bond acceptors (Lipinski definition) is 6. The number of aryl methyl sites for hydroxylation is 2. The van der Waals surface area contributed by atoms with E-state index in [1.165, 1.54) is 30.0 Å². The van der Waals surface area contributed by atoms with Crippen LogP contribution in [-0.4, -0.2) is 20.8 Å². The number of aromatic nitrogens is 2. The van der Waals surface area contributed by atoms with Crippen LogP contribution in [-0.2, 0) is 4.79 Å². The van der Waals surface area contributed by atoms with Crippen LogP contribution in [0.1, 0.15) is 27.8 Å². The SMILES string of the molecule is Cc1nc(S[C@@H](C(=O)Nc2ccc([N+](=O)[O-])cc2Cl)c2ccccc2)nc(C)c1C. The van der Waals surface area contributed by atoms with Crippen LogP contribution >= 0.6 is 23.4 Å². The first kappa shape index (κ1) is 21.7. The molecule has 0 aliphatic rings. The summed E-state index contributed by atoms with van der Waals surface area (Å²) in [5.74, 6) is -0.332. The Kier molecular flexibility index (Phi) is 6.69. The van der Waals surface area contributed by atoms with E-state index in [1.807, 2.05) is 51.1 Å². The lowest BCUT2D eigenvalue weighted by atomic mass is 10.1. The Morgan fingerprint density at radius 1 is 1.10 bits per heavy atom. The lowest BCUT2D eigenvalue weighted by Crippen LogP contribution is -2.19. The van der Waals surface area contributed by atoms with Crippen molar-refractivity contribution in [2.75, 3.05) is 5.32 Å². The van der Waals surface area contributed by atoms with Crippen molar-refractivity contribution in [3.05, 3.63) is 86.2 Å². The van der Waals surface area contributed by atoms with Gasteiger partial charge in [-0.3, -0.25) is 14.9 Å². The van der Waals surface area contributed by atoms with Gasteiger partial charge in [0.15, 0.2) is 5.16 Å². The van der Waals surface area contributed by atoms with Crippen molar-refractivity contribution in [3.63, 3.8) is 0 Å². The van der Waals surface area contributed by atoms with E-state index in [2.05, 4.69) is 15.3 Å². The second-order valence-corrected chi connectivity index (χ2v) is 8.10. The van der Waals surface area contributed by atoms with Gasteiger partial charge < -0.3 is 5.32 Å². The third kappa shape index (κ3) is 4.95. The number of thioether (sulfide) groups is 1. The predicted molar refractivity (Wildman–Crippen MR) is 118 cm³/mol. The number of carbonyl (C=O) groups is 1. The molecule has 2 aromatic carbocycles. The van der Waals surface area contributed by atoms with Gasteiger partial charge in [0.05, 0.1) is 15.6 Å². The summed E-state index contributed by atoms with van der Waals surface area (Å²) in [6.07, 6.45) is 0. The Morgan fingerprint density at radius 2 is 1.73 bits per heavy atom. The van der Waals surface area contributed by atoms with Gasteiger partial charge in [-0.2, -0.15) is 0 Å². The third-order valence-electron chi connectivity index (χ3n) is 4.60. The van der Waals surface area contributed by atoms with E-state index in [0.717, 1.165) is 22.5 Å². The fourth-order valence-electron chi connectivity index (χ4n) is 2.72. The van der Waals surface area contributed by atoms with Gasteiger partial charge in [-0.15, -0.1) is 0 Å². The molecule has 0 spiro atoms. The van der Waals surface area contributed by atoms with E-state index in [4.69, 9.17) is 11.6 Å². The molecule has 0 aliphatic carbocycles. The smallest absolute Gasteiger partial charge is 0.271 e. The normalized spacial score (nSPS) is 11.7. The minimum Gasteiger partial charge on any atom is -0.323 e. The highest BCUT2D eigenvalue weighted by Gasteiger charge is 2.25. The number of benzene rings is 2. The summed E-state index contributed by atoms with van der Waals surface area (Å²) in [6.45, 7) is 5.77. The first-order valence-electron chi connectivity index (χ1n) is 9.04. The molecule has 1 heterocycles. The Balaban J connectivity index is 1.91. The van der Waals surface area contributed by atoms with E-state index in [9.17, 15) is 14.9 Å². The number of amides is 1. The highest BCUT2D eigenvalue weighted by molar-refractivity contribution is 8.00. The number of nitro benzene ring substituents is 1. The van der Waals surface area contributed by atoms with E-state index >= 15 is 0 Å². The molecule has 0 aliphatic heterocycles. The van der Waals surface area contributed by atoms with Crippen molar-refractivity contribution < 1.29 is 9.72 Å². The molecule has 0 saturated heterocycles. The molecule has 0 saturated carbocycles. The van der Waals surface area contributed by atoms with E-state index < -0.39 is 10.2 Å². The Morgan fingerprint density at radius 3 is 2.30 bits per heavy atom. The van der Waals surface area contributed by atoms with Crippen molar-refractivity contribution in [1.82, 2.24) is 9.97 Å². The molecular formula is C21H19ClN4O3S. The summed E-state index contributed by atoms with van der Waals surface area (Å²) < 4.78 is 0. The molecule has 1 aromatic heterocycles. The van der Waals surface area contributed by atoms with Crippen LogP contribution in [0.4, 0.5) is 11.4 Å². The van der Waals surface area contributed by atoms with Crippen LogP contribution in [0.3, 0.4) is 0 Å². The fourth-order valence-corrected chi connectivity index (χ4v) is 3.99. The van der Waals surface area contributed by atoms with Gasteiger partial charge in [-0.05, 0) is 38.0 Å². The van der Waals surface area contributed by atoms with Crippen molar-refractivity contribution in [2.24, 2.45) is 0 Å². The maximum atomic E-state index is 13.1. The zero-order valence-electron chi connectivity index (χ0n) is 16.5. The van der Waals surface area contributed by atoms with E-state index in [-0.39, 0.29) is 16.6 Å². The van der Waals surface area contributed by atoms with Gasteiger partial charge in [0.1, 0.15) is 5.25 Å². The first-order chi connectivity index (χ1) is 14.3. The molecule has 30 heavy (non-hydrogen) atoms. The Hall–Kier alpha value is -2.97. The largest absolute Gasteiger partial charge is 0.323 e. The van der Waals surface area contributed by atoms with Gasteiger partial charge in [0, 0.05) is 23.5 Å². The summed E-state index contributed by atoms with van der Waals surface area (Å²) in [5.41, 5.74) is 3.65. The Labute approximate surface area is 183 Å². The van der Waals surface area contributed by atoms with Crippen molar-refractivity contribution >= 4 is 40.6 Å². The average Bonchev–Trinajstić information content (AvgIpc) is 2.72.